The van der Waals surface area contributed by atoms with Gasteiger partial charge >= 0.3 is 5.69 Å². The maximum atomic E-state index is 10.9. The minimum Gasteiger partial charge on any atom is -0.360 e. The van der Waals surface area contributed by atoms with E-state index in [-0.39, 0.29) is 22.8 Å². The predicted molar refractivity (Wildman–Crippen MR) is 69.0 cm³/mol. The normalized spacial score (nSPS) is 12.1. The number of rotatable bonds is 5. The number of nitrogens with zero attached hydrogens (tertiary/aromatic N) is 5. The molecule has 0 aliphatic carbocycles. The molecule has 0 aliphatic rings. The monoisotopic (exact) mass is 282 g/mol. The Bertz CT molecular complexity index is 573. The average Bonchev–Trinajstić information content (AvgIpc) is 2.81. The molecule has 0 saturated carbocycles. The zero-order valence-corrected chi connectivity index (χ0v) is 10.8. The number of aromatic nitrogens is 4. The van der Waals surface area contributed by atoms with Crippen LogP contribution >= 0.6 is 11.6 Å². The fraction of sp³-hybridized carbons (Fsp3) is 0.300. The minimum absolute atomic E-state index is 0.0390. The molecule has 0 radical (unpaired) electrons. The van der Waals surface area contributed by atoms with Gasteiger partial charge in [0, 0.05) is 25.0 Å². The van der Waals surface area contributed by atoms with Gasteiger partial charge in [0.1, 0.15) is 6.20 Å². The summed E-state index contributed by atoms with van der Waals surface area (Å²) >= 11 is 5.65. The number of hydrogen-bond acceptors (Lipinski definition) is 6. The lowest BCUT2D eigenvalue weighted by Crippen LogP contribution is -2.22. The summed E-state index contributed by atoms with van der Waals surface area (Å²) in [5.74, 6) is 0.109. The molecule has 1 atom stereocenters. The molecule has 1 N–H and O–H groups in total. The van der Waals surface area contributed by atoms with E-state index in [1.54, 1.807) is 18.7 Å². The van der Waals surface area contributed by atoms with Crippen LogP contribution < -0.4 is 5.32 Å². The van der Waals surface area contributed by atoms with Gasteiger partial charge in [-0.3, -0.25) is 10.1 Å². The van der Waals surface area contributed by atoms with Crippen LogP contribution in [0.2, 0.25) is 5.28 Å². The van der Waals surface area contributed by atoms with Crippen LogP contribution in [0.25, 0.3) is 0 Å². The van der Waals surface area contributed by atoms with Gasteiger partial charge in [-0.25, -0.2) is 9.97 Å². The van der Waals surface area contributed by atoms with Gasteiger partial charge in [-0.05, 0) is 18.5 Å². The fourth-order valence-electron chi connectivity index (χ4n) is 1.58. The lowest BCUT2D eigenvalue weighted by Gasteiger charge is -2.14. The van der Waals surface area contributed by atoms with Gasteiger partial charge in [0.2, 0.25) is 11.1 Å². The summed E-state index contributed by atoms with van der Waals surface area (Å²) in [6, 6.07) is -0.0844. The van der Waals surface area contributed by atoms with E-state index in [0.717, 1.165) is 6.20 Å². The standard InChI is InChI=1S/C10H11ClN6O2/c1-7(5-16-3-2-12-6-16)14-9-8(17(18)19)4-13-10(11)15-9/h2-4,6-7H,5H2,1H3,(H,13,14,15). The highest BCUT2D eigenvalue weighted by molar-refractivity contribution is 6.28. The van der Waals surface area contributed by atoms with Gasteiger partial charge in [0.25, 0.3) is 0 Å². The summed E-state index contributed by atoms with van der Waals surface area (Å²) in [7, 11) is 0. The van der Waals surface area contributed by atoms with Crippen molar-refractivity contribution in [1.82, 2.24) is 19.5 Å². The topological polar surface area (TPSA) is 98.8 Å². The maximum Gasteiger partial charge on any atom is 0.329 e. The van der Waals surface area contributed by atoms with E-state index < -0.39 is 4.92 Å². The Labute approximate surface area is 113 Å². The lowest BCUT2D eigenvalue weighted by molar-refractivity contribution is -0.384. The molecule has 0 amide bonds. The van der Waals surface area contributed by atoms with Crippen molar-refractivity contribution in [1.29, 1.82) is 0 Å². The third-order valence-corrected chi connectivity index (χ3v) is 2.55. The van der Waals surface area contributed by atoms with Gasteiger partial charge in [-0.1, -0.05) is 0 Å². The molecule has 8 nitrogen and oxygen atoms in total. The first-order valence-electron chi connectivity index (χ1n) is 5.45. The Hall–Kier alpha value is -2.22. The minimum atomic E-state index is -0.553. The number of anilines is 1. The van der Waals surface area contributed by atoms with E-state index in [4.69, 9.17) is 11.6 Å². The summed E-state index contributed by atoms with van der Waals surface area (Å²) in [4.78, 5) is 21.7. The SMILES string of the molecule is CC(Cn1ccnc1)Nc1nc(Cl)ncc1[N+](=O)[O-]. The molecule has 0 saturated heterocycles. The highest BCUT2D eigenvalue weighted by atomic mass is 35.5. The van der Waals surface area contributed by atoms with Crippen molar-refractivity contribution in [3.05, 3.63) is 40.3 Å². The van der Waals surface area contributed by atoms with Crippen molar-refractivity contribution in [2.24, 2.45) is 0 Å². The highest BCUT2D eigenvalue weighted by Crippen LogP contribution is 2.22. The van der Waals surface area contributed by atoms with Gasteiger partial charge in [-0.15, -0.1) is 0 Å². The van der Waals surface area contributed by atoms with Crippen LogP contribution in [0.5, 0.6) is 0 Å². The van der Waals surface area contributed by atoms with Crippen molar-refractivity contribution in [2.45, 2.75) is 19.5 Å². The summed E-state index contributed by atoms with van der Waals surface area (Å²) in [5, 5.41) is 13.8. The van der Waals surface area contributed by atoms with Crippen LogP contribution in [0.15, 0.2) is 24.9 Å². The van der Waals surface area contributed by atoms with Crippen LogP contribution in [0, 0.1) is 10.1 Å². The molecule has 2 heterocycles. The number of halogens is 1. The summed E-state index contributed by atoms with van der Waals surface area (Å²) in [6.07, 6.45) is 6.22. The van der Waals surface area contributed by atoms with Crippen LogP contribution in [-0.4, -0.2) is 30.5 Å². The molecule has 2 aromatic rings. The van der Waals surface area contributed by atoms with E-state index in [2.05, 4.69) is 20.3 Å². The van der Waals surface area contributed by atoms with Gasteiger partial charge < -0.3 is 9.88 Å². The van der Waals surface area contributed by atoms with E-state index in [9.17, 15) is 10.1 Å². The first-order valence-corrected chi connectivity index (χ1v) is 5.83. The first-order chi connectivity index (χ1) is 9.06. The van der Waals surface area contributed by atoms with E-state index >= 15 is 0 Å². The Morgan fingerprint density at radius 1 is 1.63 bits per heavy atom. The van der Waals surface area contributed by atoms with Crippen LogP contribution in [0.1, 0.15) is 6.92 Å². The largest absolute Gasteiger partial charge is 0.360 e. The van der Waals surface area contributed by atoms with Gasteiger partial charge in [-0.2, -0.15) is 4.98 Å². The molecule has 9 heteroatoms. The number of nitro groups is 1. The Morgan fingerprint density at radius 3 is 3.05 bits per heavy atom. The fourth-order valence-corrected chi connectivity index (χ4v) is 1.72. The van der Waals surface area contributed by atoms with Crippen LogP contribution in [0.4, 0.5) is 11.5 Å². The zero-order chi connectivity index (χ0) is 13.8. The van der Waals surface area contributed by atoms with Crippen molar-refractivity contribution < 1.29 is 4.92 Å². The molecule has 0 bridgehead atoms. The zero-order valence-electron chi connectivity index (χ0n) is 10.0. The van der Waals surface area contributed by atoms with Crippen LogP contribution in [0.3, 0.4) is 0 Å². The maximum absolute atomic E-state index is 10.9. The molecule has 0 spiro atoms. The molecular formula is C10H11ClN6O2. The summed E-state index contributed by atoms with van der Waals surface area (Å²) < 4.78 is 1.85. The van der Waals surface area contributed by atoms with Gasteiger partial charge in [0.15, 0.2) is 0 Å². The second-order valence-corrected chi connectivity index (χ2v) is 4.27. The summed E-state index contributed by atoms with van der Waals surface area (Å²) in [6.45, 7) is 2.47. The molecule has 0 aromatic carbocycles. The second-order valence-electron chi connectivity index (χ2n) is 3.93. The number of imidazole rings is 1. The van der Waals surface area contributed by atoms with E-state index in [0.29, 0.717) is 6.54 Å². The van der Waals surface area contributed by atoms with E-state index in [1.165, 1.54) is 0 Å². The molecule has 0 fully saturated rings. The number of hydrogen-bond donors (Lipinski definition) is 1. The molecular weight excluding hydrogens is 272 g/mol. The van der Waals surface area contributed by atoms with Crippen molar-refractivity contribution in [2.75, 3.05) is 5.32 Å². The first kappa shape index (κ1) is 13.2. The van der Waals surface area contributed by atoms with Crippen molar-refractivity contribution >= 4 is 23.1 Å². The van der Waals surface area contributed by atoms with Crippen molar-refractivity contribution in [3.63, 3.8) is 0 Å². The lowest BCUT2D eigenvalue weighted by atomic mass is 10.3. The quantitative estimate of drug-likeness (QED) is 0.509. The molecule has 2 rings (SSSR count). The smallest absolute Gasteiger partial charge is 0.329 e. The average molecular weight is 283 g/mol. The van der Waals surface area contributed by atoms with Crippen LogP contribution in [-0.2, 0) is 6.54 Å². The van der Waals surface area contributed by atoms with Gasteiger partial charge in [0.05, 0.1) is 11.3 Å². The molecule has 100 valence electrons. The third kappa shape index (κ3) is 3.38. The number of nitrogens with one attached hydrogen (secondary N) is 1. The van der Waals surface area contributed by atoms with Crippen molar-refractivity contribution in [3.8, 4) is 0 Å². The second kappa shape index (κ2) is 5.61. The molecule has 2 aromatic heterocycles. The Morgan fingerprint density at radius 2 is 2.42 bits per heavy atom. The molecule has 19 heavy (non-hydrogen) atoms. The predicted octanol–water partition coefficient (Wildman–Crippen LogP) is 1.74. The highest BCUT2D eigenvalue weighted by Gasteiger charge is 2.18. The summed E-state index contributed by atoms with van der Waals surface area (Å²) in [5.41, 5.74) is -0.207. The molecule has 0 aliphatic heterocycles. The van der Waals surface area contributed by atoms with E-state index in [1.807, 2.05) is 11.5 Å². The Balaban J connectivity index is 2.13. The third-order valence-electron chi connectivity index (χ3n) is 2.36. The molecule has 1 unspecified atom stereocenters. The Kier molecular flexibility index (Phi) is 3.91.